The summed E-state index contributed by atoms with van der Waals surface area (Å²) < 4.78 is 33.3. The lowest BCUT2D eigenvalue weighted by Crippen LogP contribution is -2.35. The van der Waals surface area contributed by atoms with Crippen LogP contribution in [0.3, 0.4) is 0 Å². The quantitative estimate of drug-likeness (QED) is 0.697. The number of rotatable bonds is 7. The third-order valence-corrected chi connectivity index (χ3v) is 6.59. The molecule has 0 bridgehead atoms. The van der Waals surface area contributed by atoms with Gasteiger partial charge in [-0.2, -0.15) is 4.31 Å². The molecule has 0 atom stereocenters. The Balaban J connectivity index is 1.82. The van der Waals surface area contributed by atoms with Crippen LogP contribution in [0.5, 0.6) is 5.75 Å². The highest BCUT2D eigenvalue weighted by atomic mass is 32.2. The van der Waals surface area contributed by atoms with E-state index in [1.807, 2.05) is 30.3 Å². The Morgan fingerprint density at radius 2 is 1.83 bits per heavy atom. The Kier molecular flexibility index (Phi) is 7.06. The van der Waals surface area contributed by atoms with Crippen molar-refractivity contribution in [3.63, 3.8) is 0 Å². The topological polar surface area (TPSA) is 75.7 Å². The van der Waals surface area contributed by atoms with Crippen molar-refractivity contribution < 1.29 is 17.9 Å². The number of sulfonamides is 1. The van der Waals surface area contributed by atoms with E-state index in [1.54, 1.807) is 25.1 Å². The van der Waals surface area contributed by atoms with Crippen LogP contribution < -0.4 is 10.1 Å². The largest absolute Gasteiger partial charge is 0.492 e. The van der Waals surface area contributed by atoms with E-state index < -0.39 is 10.0 Å². The number of piperidine rings is 1. The number of ether oxygens (including phenoxy) is 1. The highest BCUT2D eigenvalue weighted by molar-refractivity contribution is 7.89. The maximum atomic E-state index is 13.2. The summed E-state index contributed by atoms with van der Waals surface area (Å²) in [4.78, 5) is 12.4. The second-order valence-corrected chi connectivity index (χ2v) is 8.70. The Hall–Kier alpha value is -2.64. The zero-order chi connectivity index (χ0) is 20.7. The van der Waals surface area contributed by atoms with Crippen LogP contribution in [0.4, 0.5) is 5.69 Å². The molecule has 0 aromatic heterocycles. The molecule has 0 saturated carbocycles. The molecule has 0 radical (unpaired) electrons. The lowest BCUT2D eigenvalue weighted by Gasteiger charge is -2.26. The first-order valence-electron chi connectivity index (χ1n) is 9.82. The fraction of sp³-hybridized carbons (Fsp3) is 0.318. The summed E-state index contributed by atoms with van der Waals surface area (Å²) in [5.74, 6) is -0.0322. The van der Waals surface area contributed by atoms with Gasteiger partial charge in [0.25, 0.3) is 0 Å². The van der Waals surface area contributed by atoms with Crippen LogP contribution in [0.25, 0.3) is 6.08 Å². The summed E-state index contributed by atoms with van der Waals surface area (Å²) >= 11 is 0. The Labute approximate surface area is 172 Å². The number of hydrogen-bond acceptors (Lipinski definition) is 4. The summed E-state index contributed by atoms with van der Waals surface area (Å²) in [6, 6.07) is 14.2. The van der Waals surface area contributed by atoms with Crippen molar-refractivity contribution in [1.29, 1.82) is 0 Å². The Morgan fingerprint density at radius 3 is 2.52 bits per heavy atom. The molecule has 1 fully saturated rings. The van der Waals surface area contributed by atoms with Gasteiger partial charge in [0, 0.05) is 24.9 Å². The normalized spacial score (nSPS) is 15.3. The number of benzene rings is 2. The Bertz CT molecular complexity index is 966. The van der Waals surface area contributed by atoms with Gasteiger partial charge in [-0.25, -0.2) is 8.42 Å². The molecular formula is C22H26N2O4S. The Morgan fingerprint density at radius 1 is 1.10 bits per heavy atom. The van der Waals surface area contributed by atoms with E-state index in [-0.39, 0.29) is 10.8 Å². The summed E-state index contributed by atoms with van der Waals surface area (Å²) in [5.41, 5.74) is 1.31. The third-order valence-electron chi connectivity index (χ3n) is 4.67. The fourth-order valence-electron chi connectivity index (χ4n) is 3.23. The molecule has 0 aliphatic carbocycles. The van der Waals surface area contributed by atoms with Gasteiger partial charge in [-0.3, -0.25) is 4.79 Å². The van der Waals surface area contributed by atoms with Gasteiger partial charge in [-0.15, -0.1) is 0 Å². The zero-order valence-electron chi connectivity index (χ0n) is 16.5. The van der Waals surface area contributed by atoms with E-state index in [0.29, 0.717) is 31.1 Å². The minimum Gasteiger partial charge on any atom is -0.492 e. The first kappa shape index (κ1) is 21.1. The molecule has 0 spiro atoms. The average molecular weight is 415 g/mol. The van der Waals surface area contributed by atoms with Crippen molar-refractivity contribution in [3.8, 4) is 5.75 Å². The minimum atomic E-state index is -3.69. The molecule has 154 valence electrons. The van der Waals surface area contributed by atoms with Gasteiger partial charge in [0.1, 0.15) is 10.6 Å². The predicted molar refractivity (Wildman–Crippen MR) is 114 cm³/mol. The van der Waals surface area contributed by atoms with Gasteiger partial charge >= 0.3 is 0 Å². The number of hydrogen-bond donors (Lipinski definition) is 1. The van der Waals surface area contributed by atoms with E-state index in [9.17, 15) is 13.2 Å². The molecule has 1 aliphatic heterocycles. The smallest absolute Gasteiger partial charge is 0.248 e. The number of nitrogens with one attached hydrogen (secondary N) is 1. The second kappa shape index (κ2) is 9.71. The number of carbonyl (C=O) groups is 1. The molecule has 6 nitrogen and oxygen atoms in total. The lowest BCUT2D eigenvalue weighted by molar-refractivity contribution is -0.111. The van der Waals surface area contributed by atoms with Gasteiger partial charge in [-0.1, -0.05) is 36.8 Å². The van der Waals surface area contributed by atoms with E-state index in [0.717, 1.165) is 24.8 Å². The zero-order valence-corrected chi connectivity index (χ0v) is 17.3. The molecule has 1 amide bonds. The molecule has 7 heteroatoms. The lowest BCUT2D eigenvalue weighted by atomic mass is 10.2. The maximum Gasteiger partial charge on any atom is 0.248 e. The van der Waals surface area contributed by atoms with Gasteiger partial charge in [0.15, 0.2) is 0 Å². The summed E-state index contributed by atoms with van der Waals surface area (Å²) in [5, 5.41) is 2.73. The molecule has 3 rings (SSSR count). The number of carbonyl (C=O) groups excluding carboxylic acids is 1. The van der Waals surface area contributed by atoms with Crippen molar-refractivity contribution >= 4 is 27.7 Å². The van der Waals surface area contributed by atoms with Gasteiger partial charge in [-0.05, 0) is 49.6 Å². The summed E-state index contributed by atoms with van der Waals surface area (Å²) in [6.07, 6.45) is 5.86. The molecular weight excluding hydrogens is 388 g/mol. The van der Waals surface area contributed by atoms with Gasteiger partial charge < -0.3 is 10.1 Å². The first-order chi connectivity index (χ1) is 14.0. The van der Waals surface area contributed by atoms with E-state index in [2.05, 4.69) is 5.32 Å². The van der Waals surface area contributed by atoms with Gasteiger partial charge in [0.2, 0.25) is 15.9 Å². The maximum absolute atomic E-state index is 13.2. The van der Waals surface area contributed by atoms with Gasteiger partial charge in [0.05, 0.1) is 6.61 Å². The highest BCUT2D eigenvalue weighted by Crippen LogP contribution is 2.31. The van der Waals surface area contributed by atoms with Crippen LogP contribution in [-0.2, 0) is 14.8 Å². The average Bonchev–Trinajstić information content (AvgIpc) is 2.75. The molecule has 2 aromatic carbocycles. The molecule has 0 unspecified atom stereocenters. The van der Waals surface area contributed by atoms with Crippen LogP contribution in [0, 0.1) is 0 Å². The standard InChI is InChI=1S/C22H26N2O4S/c1-2-28-20-13-12-19(23-22(25)14-11-18-9-5-3-6-10-18)17-21(20)29(26,27)24-15-7-4-8-16-24/h3,5-6,9-14,17H,2,4,7-8,15-16H2,1H3,(H,23,25). The molecule has 2 aromatic rings. The molecule has 1 heterocycles. The third kappa shape index (κ3) is 5.46. The fourth-order valence-corrected chi connectivity index (χ4v) is 4.90. The number of nitrogens with zero attached hydrogens (tertiary/aromatic N) is 1. The summed E-state index contributed by atoms with van der Waals surface area (Å²) in [6.45, 7) is 3.17. The molecule has 29 heavy (non-hydrogen) atoms. The van der Waals surface area contributed by atoms with Crippen molar-refractivity contribution in [3.05, 3.63) is 60.2 Å². The summed E-state index contributed by atoms with van der Waals surface area (Å²) in [7, 11) is -3.69. The number of amides is 1. The van der Waals surface area contributed by atoms with Crippen molar-refractivity contribution in [2.75, 3.05) is 25.0 Å². The van der Waals surface area contributed by atoms with Crippen LogP contribution in [0.2, 0.25) is 0 Å². The number of anilines is 1. The highest BCUT2D eigenvalue weighted by Gasteiger charge is 2.29. The molecule has 1 aliphatic rings. The van der Waals surface area contributed by atoms with E-state index in [1.165, 1.54) is 16.4 Å². The monoisotopic (exact) mass is 414 g/mol. The minimum absolute atomic E-state index is 0.0890. The SMILES string of the molecule is CCOc1ccc(NC(=O)C=Cc2ccccc2)cc1S(=O)(=O)N1CCCCC1. The van der Waals surface area contributed by atoms with E-state index >= 15 is 0 Å². The van der Waals surface area contributed by atoms with Crippen LogP contribution >= 0.6 is 0 Å². The van der Waals surface area contributed by atoms with E-state index in [4.69, 9.17) is 4.74 Å². The van der Waals surface area contributed by atoms with Crippen LogP contribution in [-0.4, -0.2) is 38.3 Å². The second-order valence-electron chi connectivity index (χ2n) is 6.79. The van der Waals surface area contributed by atoms with Crippen LogP contribution in [0.1, 0.15) is 31.7 Å². The predicted octanol–water partition coefficient (Wildman–Crippen LogP) is 3.91. The van der Waals surface area contributed by atoms with Crippen molar-refractivity contribution in [2.24, 2.45) is 0 Å². The van der Waals surface area contributed by atoms with Crippen molar-refractivity contribution in [2.45, 2.75) is 31.1 Å². The molecule has 1 saturated heterocycles. The van der Waals surface area contributed by atoms with Crippen LogP contribution in [0.15, 0.2) is 59.5 Å². The first-order valence-corrected chi connectivity index (χ1v) is 11.3. The van der Waals surface area contributed by atoms with Crippen molar-refractivity contribution in [1.82, 2.24) is 4.31 Å². The molecule has 1 N–H and O–H groups in total.